The predicted octanol–water partition coefficient (Wildman–Crippen LogP) is 3.89. The van der Waals surface area contributed by atoms with Crippen LogP contribution in [0.25, 0.3) is 0 Å². The van der Waals surface area contributed by atoms with Crippen LogP contribution in [-0.2, 0) is 11.2 Å². The van der Waals surface area contributed by atoms with E-state index in [1.54, 1.807) is 14.2 Å². The minimum Gasteiger partial charge on any atom is -0.493 e. The van der Waals surface area contributed by atoms with Gasteiger partial charge in [0.2, 0.25) is 5.91 Å². The number of hydrogen-bond acceptors (Lipinski definition) is 3. The van der Waals surface area contributed by atoms with Crippen molar-refractivity contribution in [1.29, 1.82) is 0 Å². The van der Waals surface area contributed by atoms with Gasteiger partial charge in [0, 0.05) is 4.47 Å². The van der Waals surface area contributed by atoms with E-state index in [1.807, 2.05) is 49.4 Å². The molecule has 1 atom stereocenters. The molecule has 122 valence electrons. The van der Waals surface area contributed by atoms with Gasteiger partial charge in [0.05, 0.1) is 26.7 Å². The van der Waals surface area contributed by atoms with E-state index in [0.717, 1.165) is 15.6 Å². The monoisotopic (exact) mass is 377 g/mol. The Balaban J connectivity index is 2.01. The molecule has 0 aliphatic carbocycles. The molecule has 0 fully saturated rings. The van der Waals surface area contributed by atoms with Crippen molar-refractivity contribution in [3.8, 4) is 11.5 Å². The summed E-state index contributed by atoms with van der Waals surface area (Å²) in [6.45, 7) is 1.95. The minimum absolute atomic E-state index is 0.0189. The van der Waals surface area contributed by atoms with Crippen molar-refractivity contribution in [1.82, 2.24) is 5.32 Å². The highest BCUT2D eigenvalue weighted by atomic mass is 79.9. The van der Waals surface area contributed by atoms with Crippen LogP contribution in [0.1, 0.15) is 24.1 Å². The Hall–Kier alpha value is -2.01. The number of nitrogens with one attached hydrogen (secondary N) is 1. The summed E-state index contributed by atoms with van der Waals surface area (Å²) in [5, 5.41) is 3.00. The molecule has 0 aliphatic heterocycles. The van der Waals surface area contributed by atoms with Gasteiger partial charge in [0.25, 0.3) is 0 Å². The number of benzene rings is 2. The normalized spacial score (nSPS) is 11.7. The maximum atomic E-state index is 12.2. The Kier molecular flexibility index (Phi) is 6.04. The van der Waals surface area contributed by atoms with E-state index in [0.29, 0.717) is 17.9 Å². The Morgan fingerprint density at radius 2 is 1.74 bits per heavy atom. The van der Waals surface area contributed by atoms with E-state index in [9.17, 15) is 4.79 Å². The maximum Gasteiger partial charge on any atom is 0.224 e. The molecule has 0 aromatic heterocycles. The summed E-state index contributed by atoms with van der Waals surface area (Å²) in [5.41, 5.74) is 1.94. The Morgan fingerprint density at radius 1 is 1.09 bits per heavy atom. The molecule has 4 nitrogen and oxygen atoms in total. The first-order valence-corrected chi connectivity index (χ1v) is 8.08. The van der Waals surface area contributed by atoms with Gasteiger partial charge in [-0.05, 0) is 42.3 Å². The van der Waals surface area contributed by atoms with Crippen LogP contribution >= 0.6 is 15.9 Å². The number of methoxy groups -OCH3 is 2. The highest BCUT2D eigenvalue weighted by Gasteiger charge is 2.13. The van der Waals surface area contributed by atoms with E-state index >= 15 is 0 Å². The molecular formula is C18H20BrNO3. The lowest BCUT2D eigenvalue weighted by Crippen LogP contribution is -2.28. The molecule has 0 aliphatic rings. The van der Waals surface area contributed by atoms with Crippen LogP contribution in [0.2, 0.25) is 0 Å². The van der Waals surface area contributed by atoms with Crippen molar-refractivity contribution < 1.29 is 14.3 Å². The molecule has 2 aromatic rings. The first-order chi connectivity index (χ1) is 11.0. The minimum atomic E-state index is -0.113. The third kappa shape index (κ3) is 4.73. The Morgan fingerprint density at radius 3 is 2.35 bits per heavy atom. The Bertz CT molecular complexity index is 670. The zero-order chi connectivity index (χ0) is 16.8. The van der Waals surface area contributed by atoms with Crippen LogP contribution in [0.3, 0.4) is 0 Å². The predicted molar refractivity (Wildman–Crippen MR) is 93.9 cm³/mol. The van der Waals surface area contributed by atoms with Gasteiger partial charge in [0.15, 0.2) is 11.5 Å². The summed E-state index contributed by atoms with van der Waals surface area (Å²) in [4.78, 5) is 12.2. The summed E-state index contributed by atoms with van der Waals surface area (Å²) in [5.74, 6) is 1.30. The molecule has 23 heavy (non-hydrogen) atoms. The lowest BCUT2D eigenvalue weighted by Gasteiger charge is -2.16. The number of carbonyl (C=O) groups excluding carboxylic acids is 1. The summed E-state index contributed by atoms with van der Waals surface area (Å²) >= 11 is 3.39. The average molecular weight is 378 g/mol. The second-order valence-electron chi connectivity index (χ2n) is 5.21. The van der Waals surface area contributed by atoms with Crippen molar-refractivity contribution in [3.63, 3.8) is 0 Å². The first kappa shape index (κ1) is 17.3. The molecule has 0 bridgehead atoms. The molecule has 0 radical (unpaired) electrons. The van der Waals surface area contributed by atoms with Crippen LogP contribution in [0.5, 0.6) is 11.5 Å². The van der Waals surface area contributed by atoms with Gasteiger partial charge in [-0.25, -0.2) is 0 Å². The Labute approximate surface area is 144 Å². The zero-order valence-corrected chi connectivity index (χ0v) is 15.0. The van der Waals surface area contributed by atoms with Crippen LogP contribution < -0.4 is 14.8 Å². The van der Waals surface area contributed by atoms with Gasteiger partial charge in [0.1, 0.15) is 0 Å². The van der Waals surface area contributed by atoms with Crippen molar-refractivity contribution in [2.75, 3.05) is 14.2 Å². The van der Waals surface area contributed by atoms with Gasteiger partial charge >= 0.3 is 0 Å². The molecule has 1 unspecified atom stereocenters. The second-order valence-corrected chi connectivity index (χ2v) is 6.12. The zero-order valence-electron chi connectivity index (χ0n) is 13.4. The summed E-state index contributed by atoms with van der Waals surface area (Å²) in [6, 6.07) is 13.3. The fourth-order valence-electron chi connectivity index (χ4n) is 2.29. The van der Waals surface area contributed by atoms with Crippen LogP contribution in [0, 0.1) is 0 Å². The van der Waals surface area contributed by atoms with E-state index in [2.05, 4.69) is 21.2 Å². The number of ether oxygens (including phenoxy) is 2. The molecule has 2 rings (SSSR count). The first-order valence-electron chi connectivity index (χ1n) is 7.29. The summed E-state index contributed by atoms with van der Waals surface area (Å²) in [7, 11) is 3.19. The van der Waals surface area contributed by atoms with Crippen molar-refractivity contribution in [3.05, 3.63) is 58.1 Å². The summed E-state index contributed by atoms with van der Waals surface area (Å²) < 4.78 is 11.5. The lowest BCUT2D eigenvalue weighted by atomic mass is 10.1. The fourth-order valence-corrected chi connectivity index (χ4v) is 2.55. The molecule has 1 N–H and O–H groups in total. The van der Waals surface area contributed by atoms with Gasteiger partial charge in [-0.1, -0.05) is 34.1 Å². The van der Waals surface area contributed by atoms with Gasteiger partial charge in [-0.2, -0.15) is 0 Å². The average Bonchev–Trinajstić information content (AvgIpc) is 2.56. The molecule has 2 aromatic carbocycles. The molecule has 1 amide bonds. The SMILES string of the molecule is COc1ccc(C(C)NC(=O)Cc2ccc(Br)cc2)cc1OC. The van der Waals surface area contributed by atoms with Crippen molar-refractivity contribution >= 4 is 21.8 Å². The topological polar surface area (TPSA) is 47.6 Å². The quantitative estimate of drug-likeness (QED) is 0.830. The molecule has 0 saturated heterocycles. The van der Waals surface area contributed by atoms with Crippen LogP contribution in [0.15, 0.2) is 46.9 Å². The third-order valence-corrected chi connectivity index (χ3v) is 4.09. The van der Waals surface area contributed by atoms with Crippen molar-refractivity contribution in [2.24, 2.45) is 0 Å². The smallest absolute Gasteiger partial charge is 0.224 e. The second kappa shape index (κ2) is 8.02. The van der Waals surface area contributed by atoms with Gasteiger partial charge in [-0.15, -0.1) is 0 Å². The van der Waals surface area contributed by atoms with Gasteiger partial charge < -0.3 is 14.8 Å². The van der Waals surface area contributed by atoms with Crippen LogP contribution in [-0.4, -0.2) is 20.1 Å². The largest absolute Gasteiger partial charge is 0.493 e. The van der Waals surface area contributed by atoms with E-state index < -0.39 is 0 Å². The number of amides is 1. The fraction of sp³-hybridized carbons (Fsp3) is 0.278. The van der Waals surface area contributed by atoms with Gasteiger partial charge in [-0.3, -0.25) is 4.79 Å². The number of halogens is 1. The van der Waals surface area contributed by atoms with E-state index in [-0.39, 0.29) is 11.9 Å². The maximum absolute atomic E-state index is 12.2. The molecule has 5 heteroatoms. The standard InChI is InChI=1S/C18H20BrNO3/c1-12(14-6-9-16(22-2)17(11-14)23-3)20-18(21)10-13-4-7-15(19)8-5-13/h4-9,11-12H,10H2,1-3H3,(H,20,21). The lowest BCUT2D eigenvalue weighted by molar-refractivity contribution is -0.121. The number of hydrogen-bond donors (Lipinski definition) is 1. The number of rotatable bonds is 6. The highest BCUT2D eigenvalue weighted by molar-refractivity contribution is 9.10. The van der Waals surface area contributed by atoms with Crippen LogP contribution in [0.4, 0.5) is 0 Å². The van der Waals surface area contributed by atoms with E-state index in [1.165, 1.54) is 0 Å². The molecule has 0 heterocycles. The third-order valence-electron chi connectivity index (χ3n) is 3.56. The summed E-state index contributed by atoms with van der Waals surface area (Å²) in [6.07, 6.45) is 0.352. The van der Waals surface area contributed by atoms with Crippen molar-refractivity contribution in [2.45, 2.75) is 19.4 Å². The number of carbonyl (C=O) groups is 1. The highest BCUT2D eigenvalue weighted by Crippen LogP contribution is 2.29. The van der Waals surface area contributed by atoms with E-state index in [4.69, 9.17) is 9.47 Å². The molecule has 0 spiro atoms. The molecular weight excluding hydrogens is 358 g/mol. The molecule has 0 saturated carbocycles.